The van der Waals surface area contributed by atoms with Gasteiger partial charge in [0.2, 0.25) is 0 Å². The fraction of sp³-hybridized carbons (Fsp3) is 0.231. The standard InChI is InChI=1S/C13H14FNS/c1-9-5-6-10(14)8-11(9)13(15-2)12-4-3-7-16-12/h3-8,13,15H,1-2H3. The van der Waals surface area contributed by atoms with Crippen molar-refractivity contribution in [2.45, 2.75) is 13.0 Å². The van der Waals surface area contributed by atoms with E-state index >= 15 is 0 Å². The van der Waals surface area contributed by atoms with Crippen LogP contribution in [0, 0.1) is 12.7 Å². The van der Waals surface area contributed by atoms with Crippen LogP contribution >= 0.6 is 11.3 Å². The predicted octanol–water partition coefficient (Wildman–Crippen LogP) is 3.50. The molecule has 0 saturated carbocycles. The molecule has 1 atom stereocenters. The Labute approximate surface area is 98.9 Å². The van der Waals surface area contributed by atoms with Gasteiger partial charge in [0.25, 0.3) is 0 Å². The second-order valence-corrected chi connectivity index (χ2v) is 4.72. The lowest BCUT2D eigenvalue weighted by Crippen LogP contribution is -2.17. The van der Waals surface area contributed by atoms with Crippen LogP contribution in [0.1, 0.15) is 22.0 Å². The summed E-state index contributed by atoms with van der Waals surface area (Å²) in [5, 5.41) is 5.27. The number of aryl methyl sites for hydroxylation is 1. The van der Waals surface area contributed by atoms with E-state index in [0.29, 0.717) is 0 Å². The lowest BCUT2D eigenvalue weighted by molar-refractivity contribution is 0.616. The van der Waals surface area contributed by atoms with Crippen molar-refractivity contribution >= 4 is 11.3 Å². The maximum Gasteiger partial charge on any atom is 0.123 e. The van der Waals surface area contributed by atoms with Crippen molar-refractivity contribution in [2.75, 3.05) is 7.05 Å². The average Bonchev–Trinajstić information content (AvgIpc) is 2.78. The smallest absolute Gasteiger partial charge is 0.123 e. The highest BCUT2D eigenvalue weighted by Gasteiger charge is 2.15. The fourth-order valence-corrected chi connectivity index (χ4v) is 2.68. The van der Waals surface area contributed by atoms with Gasteiger partial charge in [0, 0.05) is 4.88 Å². The van der Waals surface area contributed by atoms with Crippen molar-refractivity contribution in [3.8, 4) is 0 Å². The summed E-state index contributed by atoms with van der Waals surface area (Å²) in [6.07, 6.45) is 0. The molecule has 0 aliphatic rings. The maximum absolute atomic E-state index is 13.3. The van der Waals surface area contributed by atoms with Gasteiger partial charge in [0.1, 0.15) is 5.82 Å². The molecule has 1 aromatic carbocycles. The van der Waals surface area contributed by atoms with Crippen molar-refractivity contribution in [3.05, 3.63) is 57.5 Å². The van der Waals surface area contributed by atoms with E-state index in [1.807, 2.05) is 31.5 Å². The Hall–Kier alpha value is -1.19. The Morgan fingerprint density at radius 3 is 2.75 bits per heavy atom. The zero-order valence-electron chi connectivity index (χ0n) is 9.33. The van der Waals surface area contributed by atoms with E-state index in [2.05, 4.69) is 11.4 Å². The molecule has 2 rings (SSSR count). The SMILES string of the molecule is CNC(c1cccs1)c1cc(F)ccc1C. The highest BCUT2D eigenvalue weighted by Crippen LogP contribution is 2.28. The number of nitrogens with one attached hydrogen (secondary N) is 1. The van der Waals surface area contributed by atoms with E-state index in [-0.39, 0.29) is 11.9 Å². The van der Waals surface area contributed by atoms with Crippen molar-refractivity contribution < 1.29 is 4.39 Å². The van der Waals surface area contributed by atoms with Crippen LogP contribution < -0.4 is 5.32 Å². The Morgan fingerprint density at radius 2 is 2.12 bits per heavy atom. The van der Waals surface area contributed by atoms with Gasteiger partial charge in [-0.15, -0.1) is 11.3 Å². The summed E-state index contributed by atoms with van der Waals surface area (Å²) in [7, 11) is 1.90. The first-order valence-electron chi connectivity index (χ1n) is 5.19. The Bertz CT molecular complexity index is 465. The molecule has 0 aliphatic carbocycles. The van der Waals surface area contributed by atoms with Gasteiger partial charge >= 0.3 is 0 Å². The molecule has 0 fully saturated rings. The first-order chi connectivity index (χ1) is 7.72. The molecule has 0 amide bonds. The molecular formula is C13H14FNS. The number of thiophene rings is 1. The lowest BCUT2D eigenvalue weighted by Gasteiger charge is -2.17. The van der Waals surface area contributed by atoms with E-state index < -0.39 is 0 Å². The number of hydrogen-bond acceptors (Lipinski definition) is 2. The predicted molar refractivity (Wildman–Crippen MR) is 66.4 cm³/mol. The largest absolute Gasteiger partial charge is 0.309 e. The molecule has 84 valence electrons. The van der Waals surface area contributed by atoms with Crippen molar-refractivity contribution in [1.29, 1.82) is 0 Å². The third-order valence-electron chi connectivity index (χ3n) is 2.67. The van der Waals surface area contributed by atoms with E-state index in [0.717, 1.165) is 11.1 Å². The fourth-order valence-electron chi connectivity index (χ4n) is 1.83. The van der Waals surface area contributed by atoms with Crippen LogP contribution in [0.15, 0.2) is 35.7 Å². The minimum absolute atomic E-state index is 0.0794. The number of hydrogen-bond donors (Lipinski definition) is 1. The zero-order valence-corrected chi connectivity index (χ0v) is 10.1. The Morgan fingerprint density at radius 1 is 1.31 bits per heavy atom. The van der Waals surface area contributed by atoms with Crippen LogP contribution in [0.2, 0.25) is 0 Å². The van der Waals surface area contributed by atoms with Crippen LogP contribution in [0.25, 0.3) is 0 Å². The molecule has 3 heteroatoms. The molecule has 0 spiro atoms. The highest BCUT2D eigenvalue weighted by atomic mass is 32.1. The topological polar surface area (TPSA) is 12.0 Å². The Balaban J connectivity index is 2.44. The minimum Gasteiger partial charge on any atom is -0.309 e. The Kier molecular flexibility index (Phi) is 3.36. The normalized spacial score (nSPS) is 12.7. The lowest BCUT2D eigenvalue weighted by atomic mass is 10.00. The van der Waals surface area contributed by atoms with Crippen molar-refractivity contribution in [1.82, 2.24) is 5.32 Å². The molecule has 1 N–H and O–H groups in total. The van der Waals surface area contributed by atoms with Gasteiger partial charge in [0.15, 0.2) is 0 Å². The number of halogens is 1. The first-order valence-corrected chi connectivity index (χ1v) is 6.07. The van der Waals surface area contributed by atoms with Gasteiger partial charge in [-0.25, -0.2) is 4.39 Å². The van der Waals surface area contributed by atoms with Gasteiger partial charge in [0.05, 0.1) is 6.04 Å². The third-order valence-corrected chi connectivity index (χ3v) is 3.61. The summed E-state index contributed by atoms with van der Waals surface area (Å²) >= 11 is 1.68. The molecular weight excluding hydrogens is 221 g/mol. The summed E-state index contributed by atoms with van der Waals surface area (Å²) in [6, 6.07) is 9.09. The van der Waals surface area contributed by atoms with Gasteiger partial charge in [-0.3, -0.25) is 0 Å². The molecule has 16 heavy (non-hydrogen) atoms. The molecule has 0 bridgehead atoms. The molecule has 0 saturated heterocycles. The van der Waals surface area contributed by atoms with Gasteiger partial charge in [-0.2, -0.15) is 0 Å². The molecule has 0 radical (unpaired) electrons. The van der Waals surface area contributed by atoms with E-state index in [4.69, 9.17) is 0 Å². The summed E-state index contributed by atoms with van der Waals surface area (Å²) < 4.78 is 13.3. The van der Waals surface area contributed by atoms with Crippen molar-refractivity contribution in [2.24, 2.45) is 0 Å². The van der Waals surface area contributed by atoms with Crippen LogP contribution in [0.3, 0.4) is 0 Å². The van der Waals surface area contributed by atoms with Gasteiger partial charge in [-0.05, 0) is 48.7 Å². The van der Waals surface area contributed by atoms with E-state index in [9.17, 15) is 4.39 Å². The summed E-state index contributed by atoms with van der Waals surface area (Å²) in [5.41, 5.74) is 2.11. The van der Waals surface area contributed by atoms with Crippen LogP contribution in [-0.4, -0.2) is 7.05 Å². The minimum atomic E-state index is -0.183. The van der Waals surface area contributed by atoms with Gasteiger partial charge < -0.3 is 5.32 Å². The maximum atomic E-state index is 13.3. The number of benzene rings is 1. The van der Waals surface area contributed by atoms with Crippen LogP contribution in [0.5, 0.6) is 0 Å². The van der Waals surface area contributed by atoms with Crippen LogP contribution in [0.4, 0.5) is 4.39 Å². The molecule has 1 aromatic heterocycles. The van der Waals surface area contributed by atoms with Gasteiger partial charge in [-0.1, -0.05) is 12.1 Å². The zero-order chi connectivity index (χ0) is 11.5. The summed E-state index contributed by atoms with van der Waals surface area (Å²) in [4.78, 5) is 1.20. The average molecular weight is 235 g/mol. The highest BCUT2D eigenvalue weighted by molar-refractivity contribution is 7.10. The summed E-state index contributed by atoms with van der Waals surface area (Å²) in [6.45, 7) is 2.01. The van der Waals surface area contributed by atoms with E-state index in [1.165, 1.54) is 10.9 Å². The third kappa shape index (κ3) is 2.15. The molecule has 1 heterocycles. The molecule has 2 aromatic rings. The second kappa shape index (κ2) is 4.76. The summed E-state index contributed by atoms with van der Waals surface area (Å²) in [5.74, 6) is -0.183. The monoisotopic (exact) mass is 235 g/mol. The second-order valence-electron chi connectivity index (χ2n) is 3.74. The first kappa shape index (κ1) is 11.3. The van der Waals surface area contributed by atoms with Crippen LogP contribution in [-0.2, 0) is 0 Å². The molecule has 0 aliphatic heterocycles. The molecule has 1 unspecified atom stereocenters. The van der Waals surface area contributed by atoms with E-state index in [1.54, 1.807) is 17.4 Å². The quantitative estimate of drug-likeness (QED) is 0.858. The molecule has 1 nitrogen and oxygen atoms in total. The van der Waals surface area contributed by atoms with Crippen molar-refractivity contribution in [3.63, 3.8) is 0 Å². The number of rotatable bonds is 3.